The number of nitrogens with zero attached hydrogens (tertiary/aromatic N) is 4. The maximum atomic E-state index is 13.2. The van der Waals surface area contributed by atoms with Crippen molar-refractivity contribution in [3.8, 4) is 0 Å². The average Bonchev–Trinajstić information content (AvgIpc) is 2.77. The van der Waals surface area contributed by atoms with E-state index in [2.05, 4.69) is 46.9 Å². The monoisotopic (exact) mass is 418 g/mol. The van der Waals surface area contributed by atoms with Gasteiger partial charge in [0.05, 0.1) is 5.56 Å². The van der Waals surface area contributed by atoms with Crippen LogP contribution >= 0.6 is 11.8 Å². The number of carbonyl (C=O) groups excluding carboxylic acids is 1. The van der Waals surface area contributed by atoms with Crippen LogP contribution in [0.3, 0.4) is 0 Å². The zero-order valence-electron chi connectivity index (χ0n) is 17.4. The summed E-state index contributed by atoms with van der Waals surface area (Å²) in [5.41, 5.74) is 4.45. The SMILES string of the molecule is Cc1ccc(Sc2ncccc2C(=O)N2CCN(Cc3ccncc3)CC2)cc1C. The molecule has 0 aliphatic carbocycles. The van der Waals surface area contributed by atoms with Crippen LogP contribution in [0.1, 0.15) is 27.0 Å². The lowest BCUT2D eigenvalue weighted by molar-refractivity contribution is 0.0624. The maximum absolute atomic E-state index is 13.2. The number of piperazine rings is 1. The van der Waals surface area contributed by atoms with Crippen LogP contribution in [-0.2, 0) is 6.54 Å². The predicted octanol–water partition coefficient (Wildman–Crippen LogP) is 4.20. The molecular formula is C24H26N4OS. The summed E-state index contributed by atoms with van der Waals surface area (Å²) < 4.78 is 0. The van der Waals surface area contributed by atoms with Crippen LogP contribution in [0.5, 0.6) is 0 Å². The van der Waals surface area contributed by atoms with E-state index in [4.69, 9.17) is 0 Å². The van der Waals surface area contributed by atoms with E-state index in [0.29, 0.717) is 5.56 Å². The first kappa shape index (κ1) is 20.6. The van der Waals surface area contributed by atoms with E-state index in [-0.39, 0.29) is 5.91 Å². The van der Waals surface area contributed by atoms with Crippen molar-refractivity contribution in [2.75, 3.05) is 26.2 Å². The molecule has 5 nitrogen and oxygen atoms in total. The Hall–Kier alpha value is -2.70. The van der Waals surface area contributed by atoms with E-state index in [1.54, 1.807) is 18.0 Å². The minimum atomic E-state index is 0.0676. The molecule has 1 amide bonds. The van der Waals surface area contributed by atoms with E-state index >= 15 is 0 Å². The summed E-state index contributed by atoms with van der Waals surface area (Å²) in [5, 5.41) is 0.768. The summed E-state index contributed by atoms with van der Waals surface area (Å²) in [4.78, 5) is 27.3. The number of aromatic nitrogens is 2. The lowest BCUT2D eigenvalue weighted by Gasteiger charge is -2.35. The fourth-order valence-electron chi connectivity index (χ4n) is 3.55. The lowest BCUT2D eigenvalue weighted by Crippen LogP contribution is -2.48. The highest BCUT2D eigenvalue weighted by molar-refractivity contribution is 7.99. The third kappa shape index (κ3) is 4.89. The molecule has 2 aromatic heterocycles. The molecule has 0 spiro atoms. The Morgan fingerprint density at radius 2 is 1.73 bits per heavy atom. The normalized spacial score (nSPS) is 14.7. The van der Waals surface area contributed by atoms with Crippen molar-refractivity contribution in [2.45, 2.75) is 30.3 Å². The van der Waals surface area contributed by atoms with Crippen LogP contribution < -0.4 is 0 Å². The first-order valence-corrected chi connectivity index (χ1v) is 11.0. The molecule has 0 bridgehead atoms. The highest BCUT2D eigenvalue weighted by atomic mass is 32.2. The molecular weight excluding hydrogens is 392 g/mol. The van der Waals surface area contributed by atoms with Crippen LogP contribution in [0.15, 0.2) is 71.0 Å². The number of aryl methyl sites for hydroxylation is 2. The molecule has 0 N–H and O–H groups in total. The second kappa shape index (κ2) is 9.41. The number of carbonyl (C=O) groups is 1. The fourth-order valence-corrected chi connectivity index (χ4v) is 4.52. The van der Waals surface area contributed by atoms with Gasteiger partial charge >= 0.3 is 0 Å². The third-order valence-corrected chi connectivity index (χ3v) is 6.52. The number of benzene rings is 1. The van der Waals surface area contributed by atoms with Gasteiger partial charge in [0.2, 0.25) is 0 Å². The van der Waals surface area contributed by atoms with Gasteiger partial charge in [-0.25, -0.2) is 4.98 Å². The van der Waals surface area contributed by atoms with Crippen molar-refractivity contribution >= 4 is 17.7 Å². The van der Waals surface area contributed by atoms with Gasteiger partial charge in [-0.05, 0) is 66.9 Å². The molecule has 0 radical (unpaired) electrons. The van der Waals surface area contributed by atoms with Crippen molar-refractivity contribution in [1.29, 1.82) is 0 Å². The van der Waals surface area contributed by atoms with Gasteiger partial charge in [0.1, 0.15) is 5.03 Å². The number of hydrogen-bond donors (Lipinski definition) is 0. The summed E-state index contributed by atoms with van der Waals surface area (Å²) >= 11 is 1.56. The van der Waals surface area contributed by atoms with Gasteiger partial charge in [0.15, 0.2) is 0 Å². The van der Waals surface area contributed by atoms with Gasteiger partial charge in [-0.1, -0.05) is 17.8 Å². The summed E-state index contributed by atoms with van der Waals surface area (Å²) in [6.07, 6.45) is 5.41. The average molecular weight is 419 g/mol. The van der Waals surface area contributed by atoms with E-state index < -0.39 is 0 Å². The second-order valence-corrected chi connectivity index (χ2v) is 8.69. The molecule has 3 heterocycles. The van der Waals surface area contributed by atoms with E-state index in [1.807, 2.05) is 41.6 Å². The third-order valence-electron chi connectivity index (χ3n) is 5.51. The highest BCUT2D eigenvalue weighted by Crippen LogP contribution is 2.30. The summed E-state index contributed by atoms with van der Waals surface area (Å²) in [6.45, 7) is 8.30. The van der Waals surface area contributed by atoms with Crippen molar-refractivity contribution in [3.63, 3.8) is 0 Å². The maximum Gasteiger partial charge on any atom is 0.256 e. The Bertz CT molecular complexity index is 1020. The van der Waals surface area contributed by atoms with E-state index in [1.165, 1.54) is 16.7 Å². The zero-order valence-corrected chi connectivity index (χ0v) is 18.2. The van der Waals surface area contributed by atoms with Crippen molar-refractivity contribution in [3.05, 3.63) is 83.3 Å². The quantitative estimate of drug-likeness (QED) is 0.621. The van der Waals surface area contributed by atoms with Gasteiger partial charge in [-0.2, -0.15) is 0 Å². The molecule has 4 rings (SSSR count). The second-order valence-electron chi connectivity index (χ2n) is 7.63. The van der Waals surface area contributed by atoms with Gasteiger partial charge in [0, 0.05) is 56.2 Å². The largest absolute Gasteiger partial charge is 0.336 e. The van der Waals surface area contributed by atoms with Crippen LogP contribution in [0, 0.1) is 13.8 Å². The number of pyridine rings is 2. The van der Waals surface area contributed by atoms with E-state index in [0.717, 1.165) is 42.6 Å². The summed E-state index contributed by atoms with van der Waals surface area (Å²) in [6, 6.07) is 14.2. The summed E-state index contributed by atoms with van der Waals surface area (Å²) in [7, 11) is 0. The topological polar surface area (TPSA) is 49.3 Å². The molecule has 1 fully saturated rings. The lowest BCUT2D eigenvalue weighted by atomic mass is 10.1. The van der Waals surface area contributed by atoms with Gasteiger partial charge in [-0.3, -0.25) is 14.7 Å². The number of amides is 1. The predicted molar refractivity (Wildman–Crippen MR) is 120 cm³/mol. The van der Waals surface area contributed by atoms with Crippen LogP contribution in [0.4, 0.5) is 0 Å². The molecule has 0 unspecified atom stereocenters. The van der Waals surface area contributed by atoms with E-state index in [9.17, 15) is 4.79 Å². The highest BCUT2D eigenvalue weighted by Gasteiger charge is 2.24. The smallest absolute Gasteiger partial charge is 0.256 e. The molecule has 1 saturated heterocycles. The Morgan fingerprint density at radius 3 is 2.47 bits per heavy atom. The van der Waals surface area contributed by atoms with Crippen LogP contribution in [0.25, 0.3) is 0 Å². The van der Waals surface area contributed by atoms with Crippen LogP contribution in [0.2, 0.25) is 0 Å². The molecule has 1 aliphatic rings. The van der Waals surface area contributed by atoms with Gasteiger partial charge in [-0.15, -0.1) is 0 Å². The minimum Gasteiger partial charge on any atom is -0.336 e. The number of hydrogen-bond acceptors (Lipinski definition) is 5. The first-order chi connectivity index (χ1) is 14.6. The molecule has 30 heavy (non-hydrogen) atoms. The zero-order chi connectivity index (χ0) is 20.9. The summed E-state index contributed by atoms with van der Waals surface area (Å²) in [5.74, 6) is 0.0676. The Labute approximate surface area is 182 Å². The van der Waals surface area contributed by atoms with Gasteiger partial charge < -0.3 is 4.90 Å². The molecule has 0 atom stereocenters. The molecule has 1 aromatic carbocycles. The Kier molecular flexibility index (Phi) is 6.45. The number of rotatable bonds is 5. The molecule has 3 aromatic rings. The molecule has 1 aliphatic heterocycles. The Morgan fingerprint density at radius 1 is 0.967 bits per heavy atom. The molecule has 154 valence electrons. The Balaban J connectivity index is 1.42. The molecule has 0 saturated carbocycles. The minimum absolute atomic E-state index is 0.0676. The molecule has 6 heteroatoms. The van der Waals surface area contributed by atoms with Crippen LogP contribution in [-0.4, -0.2) is 51.9 Å². The fraction of sp³-hybridized carbons (Fsp3) is 0.292. The van der Waals surface area contributed by atoms with Crippen molar-refractivity contribution < 1.29 is 4.79 Å². The van der Waals surface area contributed by atoms with Crippen molar-refractivity contribution in [1.82, 2.24) is 19.8 Å². The van der Waals surface area contributed by atoms with Gasteiger partial charge in [0.25, 0.3) is 5.91 Å². The standard InChI is InChI=1S/C24H26N4OS/c1-18-5-6-21(16-19(18)2)30-23-22(4-3-9-26-23)24(29)28-14-12-27(13-15-28)17-20-7-10-25-11-8-20/h3-11,16H,12-15,17H2,1-2H3. The first-order valence-electron chi connectivity index (χ1n) is 10.2. The van der Waals surface area contributed by atoms with Crippen molar-refractivity contribution in [2.24, 2.45) is 0 Å².